The summed E-state index contributed by atoms with van der Waals surface area (Å²) in [5, 5.41) is 2.51. The fourth-order valence-corrected chi connectivity index (χ4v) is 2.89. The molecule has 0 saturated carbocycles. The first-order valence-corrected chi connectivity index (χ1v) is 7.77. The zero-order valence-electron chi connectivity index (χ0n) is 12.8. The third kappa shape index (κ3) is 2.84. The Balaban J connectivity index is 1.78. The van der Waals surface area contributed by atoms with Gasteiger partial charge in [-0.3, -0.25) is 4.98 Å². The average Bonchev–Trinajstić information content (AvgIpc) is 2.63. The second-order valence-corrected chi connectivity index (χ2v) is 5.64. The molecular formula is C21H17N2+. The summed E-state index contributed by atoms with van der Waals surface area (Å²) in [6.45, 7) is 0.839. The Morgan fingerprint density at radius 3 is 2.43 bits per heavy atom. The minimum absolute atomic E-state index is 0.839. The minimum Gasteiger partial charge on any atom is -0.252 e. The third-order valence-electron chi connectivity index (χ3n) is 4.08. The van der Waals surface area contributed by atoms with Gasteiger partial charge in [-0.05, 0) is 22.9 Å². The van der Waals surface area contributed by atoms with Crippen LogP contribution < -0.4 is 4.57 Å². The lowest BCUT2D eigenvalue weighted by Gasteiger charge is -2.05. The summed E-state index contributed by atoms with van der Waals surface area (Å²) in [7, 11) is 0. The molecule has 2 nitrogen and oxygen atoms in total. The predicted molar refractivity (Wildman–Crippen MR) is 92.9 cm³/mol. The number of nitrogens with zero attached hydrogens (tertiary/aromatic N) is 2. The van der Waals surface area contributed by atoms with Crippen molar-refractivity contribution in [1.82, 2.24) is 4.98 Å². The molecule has 0 N–H and O–H groups in total. The first-order chi connectivity index (χ1) is 11.4. The Labute approximate surface area is 135 Å². The number of benzene rings is 3. The molecule has 4 rings (SSSR count). The monoisotopic (exact) mass is 297 g/mol. The van der Waals surface area contributed by atoms with E-state index in [1.165, 1.54) is 21.9 Å². The van der Waals surface area contributed by atoms with E-state index in [-0.39, 0.29) is 0 Å². The maximum atomic E-state index is 4.32. The smallest absolute Gasteiger partial charge is 0.231 e. The van der Waals surface area contributed by atoms with Crippen molar-refractivity contribution in [2.75, 3.05) is 0 Å². The van der Waals surface area contributed by atoms with E-state index in [1.54, 1.807) is 0 Å². The van der Waals surface area contributed by atoms with Crippen molar-refractivity contribution in [2.24, 2.45) is 0 Å². The van der Waals surface area contributed by atoms with Crippen LogP contribution in [0.3, 0.4) is 0 Å². The standard InChI is InChI=1S/C21H17N2/c1-2-6-17(7-3-1)16-23-13-12-22-15-21(23)20-11-10-18-8-4-5-9-19(18)14-20/h1-15H,16H2/q+1. The van der Waals surface area contributed by atoms with E-state index in [0.29, 0.717) is 0 Å². The number of aromatic nitrogens is 2. The van der Waals surface area contributed by atoms with Gasteiger partial charge in [0.25, 0.3) is 0 Å². The van der Waals surface area contributed by atoms with Gasteiger partial charge < -0.3 is 0 Å². The summed E-state index contributed by atoms with van der Waals surface area (Å²) < 4.78 is 2.24. The lowest BCUT2D eigenvalue weighted by Crippen LogP contribution is -2.36. The molecule has 0 bridgehead atoms. The van der Waals surface area contributed by atoms with Crippen LogP contribution in [0.15, 0.2) is 91.4 Å². The van der Waals surface area contributed by atoms with E-state index >= 15 is 0 Å². The van der Waals surface area contributed by atoms with Crippen LogP contribution in [-0.2, 0) is 6.54 Å². The SMILES string of the molecule is c1ccc(C[n+]2ccncc2-c2ccc3ccccc3c2)cc1. The van der Waals surface area contributed by atoms with Crippen LogP contribution in [0, 0.1) is 0 Å². The van der Waals surface area contributed by atoms with Crippen molar-refractivity contribution in [2.45, 2.75) is 6.54 Å². The van der Waals surface area contributed by atoms with Crippen molar-refractivity contribution in [3.05, 3.63) is 97.0 Å². The van der Waals surface area contributed by atoms with Crippen molar-refractivity contribution in [3.8, 4) is 11.3 Å². The molecule has 1 heterocycles. The Morgan fingerprint density at radius 2 is 1.57 bits per heavy atom. The highest BCUT2D eigenvalue weighted by molar-refractivity contribution is 5.86. The van der Waals surface area contributed by atoms with Gasteiger partial charge in [-0.15, -0.1) is 0 Å². The lowest BCUT2D eigenvalue weighted by atomic mass is 10.0. The normalized spacial score (nSPS) is 10.8. The van der Waals surface area contributed by atoms with E-state index in [9.17, 15) is 0 Å². The molecule has 0 radical (unpaired) electrons. The highest BCUT2D eigenvalue weighted by Gasteiger charge is 2.13. The topological polar surface area (TPSA) is 16.8 Å². The summed E-state index contributed by atoms with van der Waals surface area (Å²) in [5.74, 6) is 0. The van der Waals surface area contributed by atoms with Gasteiger partial charge in [0.05, 0.1) is 12.4 Å². The zero-order chi connectivity index (χ0) is 15.5. The molecule has 0 saturated heterocycles. The number of hydrogen-bond acceptors (Lipinski definition) is 1. The van der Waals surface area contributed by atoms with Crippen LogP contribution >= 0.6 is 0 Å². The van der Waals surface area contributed by atoms with E-state index < -0.39 is 0 Å². The molecule has 23 heavy (non-hydrogen) atoms. The molecule has 0 fully saturated rings. The van der Waals surface area contributed by atoms with Crippen molar-refractivity contribution in [3.63, 3.8) is 0 Å². The molecule has 0 aliphatic carbocycles. The van der Waals surface area contributed by atoms with Crippen LogP contribution in [0.25, 0.3) is 22.0 Å². The molecule has 0 spiro atoms. The molecular weight excluding hydrogens is 280 g/mol. The highest BCUT2D eigenvalue weighted by Crippen LogP contribution is 2.21. The van der Waals surface area contributed by atoms with Gasteiger partial charge in [0, 0.05) is 11.1 Å². The number of rotatable bonds is 3. The van der Waals surface area contributed by atoms with Gasteiger partial charge >= 0.3 is 0 Å². The number of hydrogen-bond donors (Lipinski definition) is 0. The van der Waals surface area contributed by atoms with Crippen molar-refractivity contribution in [1.29, 1.82) is 0 Å². The minimum atomic E-state index is 0.839. The van der Waals surface area contributed by atoms with E-state index in [4.69, 9.17) is 0 Å². The summed E-state index contributed by atoms with van der Waals surface area (Å²) in [5.41, 5.74) is 3.60. The first kappa shape index (κ1) is 13.6. The fraction of sp³-hybridized carbons (Fsp3) is 0.0476. The lowest BCUT2D eigenvalue weighted by molar-refractivity contribution is -0.678. The van der Waals surface area contributed by atoms with E-state index in [1.807, 2.05) is 24.7 Å². The quantitative estimate of drug-likeness (QED) is 0.517. The largest absolute Gasteiger partial charge is 0.252 e. The summed E-state index contributed by atoms with van der Waals surface area (Å²) in [6.07, 6.45) is 5.82. The first-order valence-electron chi connectivity index (χ1n) is 7.77. The van der Waals surface area contributed by atoms with Gasteiger partial charge in [0.15, 0.2) is 12.7 Å². The number of fused-ring (bicyclic) bond motifs is 1. The summed E-state index contributed by atoms with van der Waals surface area (Å²) in [6, 6.07) is 25.5. The second-order valence-electron chi connectivity index (χ2n) is 5.64. The highest BCUT2D eigenvalue weighted by atomic mass is 15.0. The van der Waals surface area contributed by atoms with Crippen LogP contribution in [0.1, 0.15) is 5.56 Å². The van der Waals surface area contributed by atoms with Gasteiger partial charge in [0.1, 0.15) is 0 Å². The maximum absolute atomic E-state index is 4.32. The Kier molecular flexibility index (Phi) is 3.57. The van der Waals surface area contributed by atoms with Gasteiger partial charge in [-0.1, -0.05) is 60.7 Å². The molecule has 0 unspecified atom stereocenters. The Bertz CT molecular complexity index is 946. The molecule has 110 valence electrons. The van der Waals surface area contributed by atoms with Gasteiger partial charge in [-0.2, -0.15) is 4.57 Å². The third-order valence-corrected chi connectivity index (χ3v) is 4.08. The van der Waals surface area contributed by atoms with Crippen LogP contribution in [0.2, 0.25) is 0 Å². The zero-order valence-corrected chi connectivity index (χ0v) is 12.8. The molecule has 2 heteroatoms. The van der Waals surface area contributed by atoms with Crippen molar-refractivity contribution < 1.29 is 4.57 Å². The van der Waals surface area contributed by atoms with E-state index in [0.717, 1.165) is 12.2 Å². The maximum Gasteiger partial charge on any atom is 0.231 e. The molecule has 0 amide bonds. The van der Waals surface area contributed by atoms with Crippen LogP contribution in [0.5, 0.6) is 0 Å². The fourth-order valence-electron chi connectivity index (χ4n) is 2.89. The molecule has 1 aromatic heterocycles. The Morgan fingerprint density at radius 1 is 0.783 bits per heavy atom. The molecule has 0 atom stereocenters. The Hall–Kier alpha value is -3.00. The molecule has 0 aliphatic heterocycles. The van der Waals surface area contributed by atoms with Crippen molar-refractivity contribution >= 4 is 10.8 Å². The molecule has 3 aromatic carbocycles. The predicted octanol–water partition coefficient (Wildman–Crippen LogP) is 4.24. The average molecular weight is 297 g/mol. The van der Waals surface area contributed by atoms with Gasteiger partial charge in [0.2, 0.25) is 5.69 Å². The summed E-state index contributed by atoms with van der Waals surface area (Å²) >= 11 is 0. The molecule has 0 aliphatic rings. The van der Waals surface area contributed by atoms with Crippen LogP contribution in [0.4, 0.5) is 0 Å². The molecule has 4 aromatic rings. The van der Waals surface area contributed by atoms with Gasteiger partial charge in [-0.25, -0.2) is 0 Å². The summed E-state index contributed by atoms with van der Waals surface area (Å²) in [4.78, 5) is 4.32. The van der Waals surface area contributed by atoms with Crippen LogP contribution in [-0.4, -0.2) is 4.98 Å². The second kappa shape index (κ2) is 6.01. The van der Waals surface area contributed by atoms with E-state index in [2.05, 4.69) is 76.3 Å².